The molecule has 0 radical (unpaired) electrons. The van der Waals surface area contributed by atoms with Crippen molar-refractivity contribution in [3.8, 4) is 0 Å². The Hall–Kier alpha value is -1.04. The normalized spacial score (nSPS) is 18.8. The Morgan fingerprint density at radius 1 is 1.38 bits per heavy atom. The maximum atomic E-state index is 10.9. The molecule has 0 amide bonds. The van der Waals surface area contributed by atoms with E-state index in [0.29, 0.717) is 16.1 Å². The van der Waals surface area contributed by atoms with Crippen LogP contribution < -0.4 is 10.2 Å². The van der Waals surface area contributed by atoms with Crippen molar-refractivity contribution in [1.29, 1.82) is 0 Å². The third kappa shape index (κ3) is 3.78. The van der Waals surface area contributed by atoms with Crippen LogP contribution in [0.2, 0.25) is 10.0 Å². The minimum absolute atomic E-state index is 0.0717. The number of halogens is 2. The maximum Gasteiger partial charge on any atom is 0.272 e. The number of hydrogen-bond acceptors (Lipinski definition) is 4. The van der Waals surface area contributed by atoms with Gasteiger partial charge in [-0.2, -0.15) is 0 Å². The van der Waals surface area contributed by atoms with E-state index in [-0.39, 0.29) is 5.69 Å². The molecule has 1 fully saturated rings. The van der Waals surface area contributed by atoms with Gasteiger partial charge in [-0.05, 0) is 39.3 Å². The molecule has 21 heavy (non-hydrogen) atoms. The van der Waals surface area contributed by atoms with Crippen molar-refractivity contribution in [3.05, 3.63) is 32.3 Å². The lowest BCUT2D eigenvalue weighted by Crippen LogP contribution is -2.41. The lowest BCUT2D eigenvalue weighted by Gasteiger charge is -2.38. The van der Waals surface area contributed by atoms with Gasteiger partial charge >= 0.3 is 0 Å². The SMILES string of the molecule is CNCCC1CCCCN1c1c(Cl)cc([N+](=O)[O-])cc1Cl. The van der Waals surface area contributed by atoms with Gasteiger partial charge in [-0.25, -0.2) is 0 Å². The molecule has 1 aromatic rings. The van der Waals surface area contributed by atoms with Gasteiger partial charge in [-0.15, -0.1) is 0 Å². The van der Waals surface area contributed by atoms with E-state index < -0.39 is 4.92 Å². The molecule has 1 unspecified atom stereocenters. The van der Waals surface area contributed by atoms with Crippen LogP contribution in [0.4, 0.5) is 11.4 Å². The summed E-state index contributed by atoms with van der Waals surface area (Å²) in [6.07, 6.45) is 4.36. The summed E-state index contributed by atoms with van der Waals surface area (Å²) in [6, 6.07) is 3.13. The lowest BCUT2D eigenvalue weighted by atomic mass is 9.98. The summed E-state index contributed by atoms with van der Waals surface area (Å²) in [5.74, 6) is 0. The van der Waals surface area contributed by atoms with E-state index in [4.69, 9.17) is 23.2 Å². The molecule has 1 saturated heterocycles. The molecule has 5 nitrogen and oxygen atoms in total. The van der Waals surface area contributed by atoms with Crippen LogP contribution in [0.15, 0.2) is 12.1 Å². The van der Waals surface area contributed by atoms with E-state index in [1.165, 1.54) is 18.6 Å². The molecule has 0 spiro atoms. The third-order valence-electron chi connectivity index (χ3n) is 3.85. The molecular formula is C14H19Cl2N3O2. The second kappa shape index (κ2) is 7.29. The molecule has 1 aliphatic rings. The van der Waals surface area contributed by atoms with Crippen molar-refractivity contribution >= 4 is 34.6 Å². The Morgan fingerprint density at radius 2 is 2.05 bits per heavy atom. The Bertz CT molecular complexity index is 502. The molecule has 0 aromatic heterocycles. The van der Waals surface area contributed by atoms with Crippen LogP contribution >= 0.6 is 23.2 Å². The average Bonchev–Trinajstić information content (AvgIpc) is 2.45. The third-order valence-corrected chi connectivity index (χ3v) is 4.43. The zero-order chi connectivity index (χ0) is 15.4. The van der Waals surface area contributed by atoms with E-state index in [9.17, 15) is 10.1 Å². The van der Waals surface area contributed by atoms with Gasteiger partial charge in [-0.3, -0.25) is 10.1 Å². The minimum Gasteiger partial charge on any atom is -0.366 e. The Morgan fingerprint density at radius 3 is 2.62 bits per heavy atom. The molecule has 1 N–H and O–H groups in total. The van der Waals surface area contributed by atoms with E-state index >= 15 is 0 Å². The Labute approximate surface area is 134 Å². The molecule has 1 aromatic carbocycles. The number of hydrogen-bond donors (Lipinski definition) is 1. The number of anilines is 1. The zero-order valence-electron chi connectivity index (χ0n) is 11.9. The Balaban J connectivity index is 2.32. The summed E-state index contributed by atoms with van der Waals surface area (Å²) in [4.78, 5) is 12.6. The predicted molar refractivity (Wildman–Crippen MR) is 86.6 cm³/mol. The van der Waals surface area contributed by atoms with Crippen molar-refractivity contribution < 1.29 is 4.92 Å². The van der Waals surface area contributed by atoms with Crippen LogP contribution in [-0.4, -0.2) is 31.1 Å². The fourth-order valence-electron chi connectivity index (χ4n) is 2.84. The molecule has 1 aliphatic heterocycles. The quantitative estimate of drug-likeness (QED) is 0.657. The second-order valence-electron chi connectivity index (χ2n) is 5.25. The van der Waals surface area contributed by atoms with Gasteiger partial charge in [0, 0.05) is 24.7 Å². The van der Waals surface area contributed by atoms with E-state index in [1.807, 2.05) is 7.05 Å². The summed E-state index contributed by atoms with van der Waals surface area (Å²) < 4.78 is 0. The highest BCUT2D eigenvalue weighted by atomic mass is 35.5. The van der Waals surface area contributed by atoms with E-state index in [2.05, 4.69) is 10.2 Å². The van der Waals surface area contributed by atoms with E-state index in [0.717, 1.165) is 38.0 Å². The van der Waals surface area contributed by atoms with Crippen LogP contribution in [0.3, 0.4) is 0 Å². The van der Waals surface area contributed by atoms with Gasteiger partial charge in [0.15, 0.2) is 0 Å². The first-order valence-corrected chi connectivity index (χ1v) is 7.85. The van der Waals surface area contributed by atoms with Gasteiger partial charge < -0.3 is 10.2 Å². The fourth-order valence-corrected chi connectivity index (χ4v) is 3.53. The van der Waals surface area contributed by atoms with Crippen LogP contribution in [0, 0.1) is 10.1 Å². The van der Waals surface area contributed by atoms with Gasteiger partial charge in [0.05, 0.1) is 20.7 Å². The summed E-state index contributed by atoms with van der Waals surface area (Å²) in [5, 5.41) is 14.7. The molecule has 2 rings (SSSR count). The van der Waals surface area contributed by atoms with Crippen LogP contribution in [0.25, 0.3) is 0 Å². The number of non-ortho nitro benzene ring substituents is 1. The number of benzene rings is 1. The highest BCUT2D eigenvalue weighted by Crippen LogP contribution is 2.40. The lowest BCUT2D eigenvalue weighted by molar-refractivity contribution is -0.384. The number of nitrogens with zero attached hydrogens (tertiary/aromatic N) is 2. The number of nitro benzene ring substituents is 1. The smallest absolute Gasteiger partial charge is 0.272 e. The first-order valence-electron chi connectivity index (χ1n) is 7.09. The molecule has 7 heteroatoms. The largest absolute Gasteiger partial charge is 0.366 e. The number of piperidine rings is 1. The Kier molecular flexibility index (Phi) is 5.67. The van der Waals surface area contributed by atoms with Crippen molar-refractivity contribution in [1.82, 2.24) is 5.32 Å². The first kappa shape index (κ1) is 16.3. The van der Waals surface area contributed by atoms with Crippen molar-refractivity contribution in [2.24, 2.45) is 0 Å². The monoisotopic (exact) mass is 331 g/mol. The molecule has 0 saturated carbocycles. The van der Waals surface area contributed by atoms with Crippen molar-refractivity contribution in [2.75, 3.05) is 25.0 Å². The summed E-state index contributed by atoms with van der Waals surface area (Å²) in [6.45, 7) is 1.80. The second-order valence-corrected chi connectivity index (χ2v) is 6.06. The number of rotatable bonds is 5. The van der Waals surface area contributed by atoms with Gasteiger partial charge in [0.2, 0.25) is 0 Å². The zero-order valence-corrected chi connectivity index (χ0v) is 13.5. The highest BCUT2D eigenvalue weighted by molar-refractivity contribution is 6.39. The fraction of sp³-hybridized carbons (Fsp3) is 0.571. The van der Waals surface area contributed by atoms with Crippen LogP contribution in [0.1, 0.15) is 25.7 Å². The standard InChI is InChI=1S/C14H19Cl2N3O2/c1-17-6-5-10-4-2-3-7-18(10)14-12(15)8-11(19(20)21)9-13(14)16/h8-10,17H,2-7H2,1H3. The van der Waals surface area contributed by atoms with Gasteiger partial charge in [0.1, 0.15) is 0 Å². The predicted octanol–water partition coefficient (Wildman–Crippen LogP) is 3.87. The molecule has 0 bridgehead atoms. The molecular weight excluding hydrogens is 313 g/mol. The van der Waals surface area contributed by atoms with Crippen LogP contribution in [-0.2, 0) is 0 Å². The number of nitrogens with one attached hydrogen (secondary N) is 1. The summed E-state index contributed by atoms with van der Waals surface area (Å²) >= 11 is 12.5. The topological polar surface area (TPSA) is 58.4 Å². The maximum absolute atomic E-state index is 10.9. The van der Waals surface area contributed by atoms with Gasteiger partial charge in [-0.1, -0.05) is 23.2 Å². The highest BCUT2D eigenvalue weighted by Gasteiger charge is 2.27. The minimum atomic E-state index is -0.476. The number of nitro groups is 1. The molecule has 1 heterocycles. The van der Waals surface area contributed by atoms with Crippen LogP contribution in [0.5, 0.6) is 0 Å². The first-order chi connectivity index (χ1) is 10.0. The van der Waals surface area contributed by atoms with Crippen molar-refractivity contribution in [3.63, 3.8) is 0 Å². The summed E-state index contributed by atoms with van der Waals surface area (Å²) in [7, 11) is 1.93. The van der Waals surface area contributed by atoms with Crippen molar-refractivity contribution in [2.45, 2.75) is 31.7 Å². The van der Waals surface area contributed by atoms with E-state index in [1.54, 1.807) is 0 Å². The van der Waals surface area contributed by atoms with Gasteiger partial charge in [0.25, 0.3) is 5.69 Å². The average molecular weight is 332 g/mol. The summed E-state index contributed by atoms with van der Waals surface area (Å²) in [5.41, 5.74) is 0.655. The molecule has 0 aliphatic carbocycles. The molecule has 1 atom stereocenters. The molecule has 116 valence electrons.